The standard InChI is InChI=1S/C22H21F3N8S/c1-4-26-17-9-12(18-13(10-28-33(18)3)20-31-27-11-32(20)2)8-16(29-17)21-30-15-7-5-6-14(19(15)34-21)22(23,24)25/h5-11,15,19H,4H2,1-3H3,(H,26,29). The van der Waals surface area contributed by atoms with Crippen molar-refractivity contribution in [1.82, 2.24) is 29.5 Å². The van der Waals surface area contributed by atoms with Crippen molar-refractivity contribution >= 4 is 22.6 Å². The molecule has 0 radical (unpaired) electrons. The fraction of sp³-hybridized carbons (Fsp3) is 0.318. The molecule has 2 atom stereocenters. The number of hydrogen-bond donors (Lipinski definition) is 1. The predicted molar refractivity (Wildman–Crippen MR) is 126 cm³/mol. The molecule has 1 aliphatic carbocycles. The molecule has 4 heterocycles. The Morgan fingerprint density at radius 1 is 1.21 bits per heavy atom. The van der Waals surface area contributed by atoms with Gasteiger partial charge in [-0.15, -0.1) is 10.2 Å². The first-order valence-electron chi connectivity index (χ1n) is 10.6. The van der Waals surface area contributed by atoms with E-state index in [-0.39, 0.29) is 0 Å². The summed E-state index contributed by atoms with van der Waals surface area (Å²) in [6.07, 6.45) is 3.17. The number of alkyl halides is 3. The van der Waals surface area contributed by atoms with E-state index in [1.54, 1.807) is 27.8 Å². The summed E-state index contributed by atoms with van der Waals surface area (Å²) >= 11 is 1.10. The topological polar surface area (TPSA) is 85.8 Å². The van der Waals surface area contributed by atoms with Crippen molar-refractivity contribution in [1.29, 1.82) is 0 Å². The van der Waals surface area contributed by atoms with Gasteiger partial charge in [-0.25, -0.2) is 4.98 Å². The number of fused-ring (bicyclic) bond motifs is 1. The number of nitrogens with zero attached hydrogens (tertiary/aromatic N) is 7. The zero-order chi connectivity index (χ0) is 24.0. The van der Waals surface area contributed by atoms with Gasteiger partial charge in [-0.2, -0.15) is 18.3 Å². The average Bonchev–Trinajstić information content (AvgIpc) is 3.50. The lowest BCUT2D eigenvalue weighted by molar-refractivity contribution is -0.0935. The van der Waals surface area contributed by atoms with Crippen LogP contribution >= 0.6 is 11.8 Å². The number of rotatable bonds is 5. The second kappa shape index (κ2) is 8.42. The van der Waals surface area contributed by atoms with Gasteiger partial charge in [0.25, 0.3) is 0 Å². The van der Waals surface area contributed by atoms with Gasteiger partial charge in [-0.05, 0) is 19.1 Å². The minimum Gasteiger partial charge on any atom is -0.370 e. The first-order valence-corrected chi connectivity index (χ1v) is 11.5. The number of allylic oxidation sites excluding steroid dienone is 2. The van der Waals surface area contributed by atoms with Crippen LogP contribution in [0.15, 0.2) is 53.5 Å². The van der Waals surface area contributed by atoms with Gasteiger partial charge >= 0.3 is 6.18 Å². The van der Waals surface area contributed by atoms with Gasteiger partial charge in [0.1, 0.15) is 17.2 Å². The van der Waals surface area contributed by atoms with Crippen molar-refractivity contribution in [3.05, 3.63) is 54.2 Å². The number of nitrogens with one attached hydrogen (secondary N) is 1. The monoisotopic (exact) mass is 486 g/mol. The minimum atomic E-state index is -4.41. The fourth-order valence-corrected chi connectivity index (χ4v) is 5.36. The van der Waals surface area contributed by atoms with Crippen LogP contribution in [0, 0.1) is 0 Å². The Balaban J connectivity index is 1.58. The Labute approximate surface area is 197 Å². The van der Waals surface area contributed by atoms with Crippen molar-refractivity contribution in [3.63, 3.8) is 0 Å². The zero-order valence-corrected chi connectivity index (χ0v) is 19.4. The van der Waals surface area contributed by atoms with Crippen LogP contribution in [0.2, 0.25) is 0 Å². The van der Waals surface area contributed by atoms with Crippen molar-refractivity contribution in [2.45, 2.75) is 24.4 Å². The first-order chi connectivity index (χ1) is 16.3. The maximum absolute atomic E-state index is 13.6. The van der Waals surface area contributed by atoms with Crippen LogP contribution in [-0.4, -0.2) is 58.6 Å². The number of anilines is 1. The Hall–Kier alpha value is -3.41. The number of aromatic nitrogens is 6. The summed E-state index contributed by atoms with van der Waals surface area (Å²) in [6, 6.07) is 3.14. The molecule has 1 N–H and O–H groups in total. The number of aliphatic imine (C=N–C) groups is 1. The molecule has 0 fully saturated rings. The Kier molecular flexibility index (Phi) is 5.54. The summed E-state index contributed by atoms with van der Waals surface area (Å²) in [5.41, 5.74) is 2.29. The fourth-order valence-electron chi connectivity index (χ4n) is 4.08. The lowest BCUT2D eigenvalue weighted by Crippen LogP contribution is -2.29. The zero-order valence-electron chi connectivity index (χ0n) is 18.6. The summed E-state index contributed by atoms with van der Waals surface area (Å²) in [7, 11) is 3.67. The first kappa shape index (κ1) is 22.4. The molecule has 0 saturated heterocycles. The lowest BCUT2D eigenvalue weighted by atomic mass is 10.00. The highest BCUT2D eigenvalue weighted by Gasteiger charge is 2.45. The van der Waals surface area contributed by atoms with E-state index in [1.807, 2.05) is 33.2 Å². The Morgan fingerprint density at radius 3 is 2.74 bits per heavy atom. The third kappa shape index (κ3) is 3.91. The molecule has 176 valence electrons. The van der Waals surface area contributed by atoms with E-state index in [1.165, 1.54) is 6.08 Å². The molecule has 5 rings (SSSR count). The van der Waals surface area contributed by atoms with Crippen molar-refractivity contribution < 1.29 is 13.2 Å². The van der Waals surface area contributed by atoms with Crippen molar-refractivity contribution in [2.24, 2.45) is 19.1 Å². The smallest absolute Gasteiger partial charge is 0.370 e. The molecule has 3 aromatic heterocycles. The van der Waals surface area contributed by atoms with E-state index in [2.05, 4.69) is 30.6 Å². The van der Waals surface area contributed by atoms with Crippen LogP contribution in [0.1, 0.15) is 12.6 Å². The molecule has 12 heteroatoms. The van der Waals surface area contributed by atoms with Crippen molar-refractivity contribution in [3.8, 4) is 22.6 Å². The lowest BCUT2D eigenvalue weighted by Gasteiger charge is -2.22. The van der Waals surface area contributed by atoms with Gasteiger partial charge in [0, 0.05) is 31.8 Å². The van der Waals surface area contributed by atoms with Gasteiger partial charge in [-0.1, -0.05) is 30.0 Å². The quantitative estimate of drug-likeness (QED) is 0.587. The van der Waals surface area contributed by atoms with E-state index >= 15 is 0 Å². The molecule has 0 aromatic carbocycles. The molecule has 0 amide bonds. The highest BCUT2D eigenvalue weighted by molar-refractivity contribution is 8.15. The molecule has 8 nitrogen and oxygen atoms in total. The van der Waals surface area contributed by atoms with Gasteiger partial charge in [0.2, 0.25) is 0 Å². The molecule has 34 heavy (non-hydrogen) atoms. The summed E-state index contributed by atoms with van der Waals surface area (Å²) in [5.74, 6) is 1.25. The molecular weight excluding hydrogens is 465 g/mol. The van der Waals surface area contributed by atoms with Crippen LogP contribution in [0.4, 0.5) is 19.0 Å². The van der Waals surface area contributed by atoms with Gasteiger partial charge in [0.05, 0.1) is 34.4 Å². The molecule has 3 aromatic rings. The SMILES string of the molecule is CCNc1cc(-c2c(-c3nncn3C)cnn2C)cc(C2=NC3C=CC=C(C(F)(F)F)C3S2)n1. The van der Waals surface area contributed by atoms with Gasteiger partial charge < -0.3 is 9.88 Å². The number of halogens is 3. The van der Waals surface area contributed by atoms with E-state index in [0.717, 1.165) is 34.7 Å². The van der Waals surface area contributed by atoms with Crippen LogP contribution in [-0.2, 0) is 14.1 Å². The molecule has 1 aliphatic heterocycles. The third-order valence-electron chi connectivity index (χ3n) is 5.60. The average molecular weight is 487 g/mol. The molecular formula is C22H21F3N8S. The summed E-state index contributed by atoms with van der Waals surface area (Å²) in [5, 5.41) is 15.4. The predicted octanol–water partition coefficient (Wildman–Crippen LogP) is 4.00. The van der Waals surface area contributed by atoms with Crippen LogP contribution in [0.5, 0.6) is 0 Å². The molecule has 0 saturated carbocycles. The maximum atomic E-state index is 13.6. The Morgan fingerprint density at radius 2 is 2.03 bits per heavy atom. The van der Waals surface area contributed by atoms with E-state index < -0.39 is 23.0 Å². The largest absolute Gasteiger partial charge is 0.413 e. The third-order valence-corrected chi connectivity index (χ3v) is 6.92. The van der Waals surface area contributed by atoms with Crippen LogP contribution in [0.25, 0.3) is 22.6 Å². The van der Waals surface area contributed by atoms with Crippen LogP contribution < -0.4 is 5.32 Å². The molecule has 2 aliphatic rings. The molecule has 0 spiro atoms. The number of pyridine rings is 1. The number of thioether (sulfide) groups is 1. The number of aryl methyl sites for hydroxylation is 2. The summed E-state index contributed by atoms with van der Waals surface area (Å²) < 4.78 is 44.2. The minimum absolute atomic E-state index is 0.472. The summed E-state index contributed by atoms with van der Waals surface area (Å²) in [6.45, 7) is 2.58. The van der Waals surface area contributed by atoms with E-state index in [4.69, 9.17) is 0 Å². The second-order valence-corrected chi connectivity index (χ2v) is 9.05. The van der Waals surface area contributed by atoms with E-state index in [9.17, 15) is 13.2 Å². The summed E-state index contributed by atoms with van der Waals surface area (Å²) in [4.78, 5) is 9.24. The number of hydrogen-bond acceptors (Lipinski definition) is 7. The van der Waals surface area contributed by atoms with Crippen LogP contribution in [0.3, 0.4) is 0 Å². The second-order valence-electron chi connectivity index (χ2n) is 7.92. The molecule has 0 bridgehead atoms. The highest BCUT2D eigenvalue weighted by Crippen LogP contribution is 2.44. The maximum Gasteiger partial charge on any atom is 0.413 e. The Bertz CT molecular complexity index is 1330. The van der Waals surface area contributed by atoms with Gasteiger partial charge in [-0.3, -0.25) is 9.67 Å². The highest BCUT2D eigenvalue weighted by atomic mass is 32.2. The van der Waals surface area contributed by atoms with E-state index in [0.29, 0.717) is 28.9 Å². The normalized spacial score (nSPS) is 19.7. The van der Waals surface area contributed by atoms with Gasteiger partial charge in [0.15, 0.2) is 5.82 Å². The van der Waals surface area contributed by atoms with Crippen molar-refractivity contribution in [2.75, 3.05) is 11.9 Å². The molecule has 2 unspecified atom stereocenters.